The number of aryl methyl sites for hydroxylation is 3. The Balaban J connectivity index is 1.74. The Morgan fingerprint density at radius 2 is 1.75 bits per heavy atom. The minimum absolute atomic E-state index is 0.0144. The number of carbonyl (C=O) groups excluding carboxylic acids is 2. The van der Waals surface area contributed by atoms with Crippen LogP contribution in [0.5, 0.6) is 0 Å². The molecule has 0 spiro atoms. The van der Waals surface area contributed by atoms with Gasteiger partial charge in [-0.15, -0.1) is 0 Å². The van der Waals surface area contributed by atoms with Crippen LogP contribution >= 0.6 is 28.1 Å². The van der Waals surface area contributed by atoms with Gasteiger partial charge in [0.1, 0.15) is 6.54 Å². The molecule has 168 valence electrons. The Morgan fingerprint density at radius 3 is 2.38 bits per heavy atom. The molecule has 0 aliphatic heterocycles. The molecule has 2 amide bonds. The maximum atomic E-state index is 12.7. The molecule has 2 aromatic carbocycles. The van der Waals surface area contributed by atoms with Crippen molar-refractivity contribution in [3.05, 3.63) is 73.7 Å². The molecule has 0 saturated carbocycles. The molecular formula is C23H26BrN5O2S. The fraction of sp³-hybridized carbons (Fsp3) is 0.304. The lowest BCUT2D eigenvalue weighted by Gasteiger charge is -2.12. The minimum atomic E-state index is -0.217. The van der Waals surface area contributed by atoms with Gasteiger partial charge in [0.25, 0.3) is 5.91 Å². The Bertz CT molecular complexity index is 1210. The average Bonchev–Trinajstić information content (AvgIpc) is 3.03. The van der Waals surface area contributed by atoms with Gasteiger partial charge in [-0.3, -0.25) is 9.59 Å². The summed E-state index contributed by atoms with van der Waals surface area (Å²) in [5.74, 6) is 0.208. The van der Waals surface area contributed by atoms with Crippen molar-refractivity contribution in [2.24, 2.45) is 0 Å². The zero-order valence-corrected chi connectivity index (χ0v) is 20.9. The second-order valence-corrected chi connectivity index (χ2v) is 8.84. The summed E-state index contributed by atoms with van der Waals surface area (Å²) in [5, 5.41) is 10.4. The lowest BCUT2D eigenvalue weighted by atomic mass is 10.1. The Hall–Kier alpha value is -2.78. The first-order valence-electron chi connectivity index (χ1n) is 10.3. The van der Waals surface area contributed by atoms with Crippen LogP contribution in [0.15, 0.2) is 40.9 Å². The monoisotopic (exact) mass is 515 g/mol. The lowest BCUT2D eigenvalue weighted by molar-refractivity contribution is -0.117. The lowest BCUT2D eigenvalue weighted by Crippen LogP contribution is -2.25. The van der Waals surface area contributed by atoms with Gasteiger partial charge in [-0.05, 0) is 74.8 Å². The van der Waals surface area contributed by atoms with Crippen LogP contribution in [0.2, 0.25) is 0 Å². The van der Waals surface area contributed by atoms with Crippen molar-refractivity contribution >= 4 is 45.6 Å². The molecule has 0 aliphatic carbocycles. The fourth-order valence-electron chi connectivity index (χ4n) is 3.54. The largest absolute Gasteiger partial charge is 0.345 e. The van der Waals surface area contributed by atoms with E-state index in [1.807, 2.05) is 62.6 Å². The second kappa shape index (κ2) is 10.2. The quantitative estimate of drug-likeness (QED) is 0.447. The highest BCUT2D eigenvalue weighted by molar-refractivity contribution is 9.10. The van der Waals surface area contributed by atoms with Crippen LogP contribution in [0.3, 0.4) is 0 Å². The van der Waals surface area contributed by atoms with Crippen LogP contribution in [-0.4, -0.2) is 26.2 Å². The van der Waals surface area contributed by atoms with Crippen LogP contribution in [0, 0.1) is 25.5 Å². The Labute approximate surface area is 201 Å². The third-order valence-corrected chi connectivity index (χ3v) is 6.06. The number of nitrogens with zero attached hydrogens (tertiary/aromatic N) is 3. The summed E-state index contributed by atoms with van der Waals surface area (Å²) < 4.78 is 4.71. The van der Waals surface area contributed by atoms with Crippen LogP contribution in [0.25, 0.3) is 0 Å². The van der Waals surface area contributed by atoms with Crippen molar-refractivity contribution in [1.29, 1.82) is 0 Å². The smallest absolute Gasteiger partial charge is 0.251 e. The number of carbonyl (C=O) groups is 2. The van der Waals surface area contributed by atoms with Gasteiger partial charge in [-0.25, -0.2) is 4.68 Å². The van der Waals surface area contributed by atoms with Crippen molar-refractivity contribution in [1.82, 2.24) is 19.7 Å². The van der Waals surface area contributed by atoms with E-state index in [0.717, 1.165) is 26.9 Å². The molecule has 0 unspecified atom stereocenters. The van der Waals surface area contributed by atoms with Crippen molar-refractivity contribution in [3.63, 3.8) is 0 Å². The number of hydrogen-bond donors (Lipinski definition) is 2. The predicted molar refractivity (Wildman–Crippen MR) is 131 cm³/mol. The Kier molecular flexibility index (Phi) is 7.63. The molecule has 3 rings (SSSR count). The number of halogens is 1. The third-order valence-electron chi connectivity index (χ3n) is 5.17. The number of aromatic nitrogens is 3. The van der Waals surface area contributed by atoms with E-state index < -0.39 is 0 Å². The summed E-state index contributed by atoms with van der Waals surface area (Å²) in [6.45, 7) is 8.51. The number of nitrogens with one attached hydrogen (secondary N) is 2. The van der Waals surface area contributed by atoms with Gasteiger partial charge in [0.2, 0.25) is 5.91 Å². The summed E-state index contributed by atoms with van der Waals surface area (Å²) in [4.78, 5) is 25.3. The summed E-state index contributed by atoms with van der Waals surface area (Å²) in [6.07, 6.45) is 0. The molecule has 2 N–H and O–H groups in total. The molecule has 1 aromatic heterocycles. The molecular weight excluding hydrogens is 490 g/mol. The molecule has 1 heterocycles. The molecule has 3 aromatic rings. The van der Waals surface area contributed by atoms with E-state index in [9.17, 15) is 9.59 Å². The molecule has 7 nitrogen and oxygen atoms in total. The molecule has 0 radical (unpaired) electrons. The van der Waals surface area contributed by atoms with Crippen molar-refractivity contribution in [3.8, 4) is 0 Å². The van der Waals surface area contributed by atoms with Crippen LogP contribution < -0.4 is 10.6 Å². The van der Waals surface area contributed by atoms with Gasteiger partial charge < -0.3 is 15.2 Å². The zero-order chi connectivity index (χ0) is 23.4. The van der Waals surface area contributed by atoms with E-state index in [0.29, 0.717) is 22.7 Å². The number of benzene rings is 2. The maximum absolute atomic E-state index is 12.7. The van der Waals surface area contributed by atoms with Gasteiger partial charge >= 0.3 is 0 Å². The van der Waals surface area contributed by atoms with Crippen LogP contribution in [-0.2, 0) is 24.4 Å². The number of hydrogen-bond acceptors (Lipinski definition) is 4. The predicted octanol–water partition coefficient (Wildman–Crippen LogP) is 4.69. The minimum Gasteiger partial charge on any atom is -0.345 e. The normalized spacial score (nSPS) is 10.8. The van der Waals surface area contributed by atoms with Crippen molar-refractivity contribution in [2.75, 3.05) is 5.32 Å². The van der Waals surface area contributed by atoms with E-state index in [-0.39, 0.29) is 24.9 Å². The van der Waals surface area contributed by atoms with Gasteiger partial charge in [-0.1, -0.05) is 34.1 Å². The van der Waals surface area contributed by atoms with E-state index in [1.165, 1.54) is 4.68 Å². The first kappa shape index (κ1) is 23.9. The summed E-state index contributed by atoms with van der Waals surface area (Å²) in [5.41, 5.74) is 4.23. The first-order valence-corrected chi connectivity index (χ1v) is 11.5. The highest BCUT2D eigenvalue weighted by Gasteiger charge is 2.16. The maximum Gasteiger partial charge on any atom is 0.251 e. The first-order chi connectivity index (χ1) is 15.2. The second-order valence-electron chi connectivity index (χ2n) is 7.56. The van der Waals surface area contributed by atoms with Crippen molar-refractivity contribution in [2.45, 2.75) is 47.3 Å². The van der Waals surface area contributed by atoms with Crippen molar-refractivity contribution < 1.29 is 9.59 Å². The van der Waals surface area contributed by atoms with E-state index in [2.05, 4.69) is 31.7 Å². The van der Waals surface area contributed by atoms with Gasteiger partial charge in [0.05, 0.1) is 6.54 Å². The summed E-state index contributed by atoms with van der Waals surface area (Å²) in [7, 11) is 0. The number of rotatable bonds is 7. The topological polar surface area (TPSA) is 81.0 Å². The average molecular weight is 516 g/mol. The Morgan fingerprint density at radius 1 is 1.09 bits per heavy atom. The summed E-state index contributed by atoms with van der Waals surface area (Å²) >= 11 is 8.99. The van der Waals surface area contributed by atoms with E-state index in [1.54, 1.807) is 6.07 Å². The number of anilines is 1. The molecule has 0 bridgehead atoms. The summed E-state index contributed by atoms with van der Waals surface area (Å²) in [6, 6.07) is 11.3. The molecule has 32 heavy (non-hydrogen) atoms. The van der Waals surface area contributed by atoms with Crippen LogP contribution in [0.4, 0.5) is 5.69 Å². The molecule has 0 saturated heterocycles. The highest BCUT2D eigenvalue weighted by atomic mass is 79.9. The highest BCUT2D eigenvalue weighted by Crippen LogP contribution is 2.25. The van der Waals surface area contributed by atoms with Crippen LogP contribution in [0.1, 0.15) is 39.8 Å². The standard InChI is InChI=1S/C23H26BrN5O2S/c1-5-28-19(12-25-22(31)18-9-7-6-8-14(18)2)27-29(23(28)32)13-20(30)26-21-15(3)10-17(24)11-16(21)4/h6-11H,5,12-13H2,1-4H3,(H,25,31)(H,26,30). The third kappa shape index (κ3) is 5.34. The molecule has 0 aliphatic rings. The number of amides is 2. The zero-order valence-electron chi connectivity index (χ0n) is 18.5. The molecule has 0 atom stereocenters. The molecule has 9 heteroatoms. The van der Waals surface area contributed by atoms with Gasteiger partial charge in [-0.2, -0.15) is 5.10 Å². The van der Waals surface area contributed by atoms with Gasteiger partial charge in [0.15, 0.2) is 10.6 Å². The SMILES string of the molecule is CCn1c(CNC(=O)c2ccccc2C)nn(CC(=O)Nc2c(C)cc(Br)cc2C)c1=S. The fourth-order valence-corrected chi connectivity index (χ4v) is 4.57. The van der Waals surface area contributed by atoms with Gasteiger partial charge in [0, 0.05) is 22.3 Å². The van der Waals surface area contributed by atoms with E-state index >= 15 is 0 Å². The molecule has 0 fully saturated rings. The van der Waals surface area contributed by atoms with E-state index in [4.69, 9.17) is 12.2 Å².